The molecule has 18 heteroatoms. The number of piperazine rings is 1. The Hall–Kier alpha value is -6.95. The summed E-state index contributed by atoms with van der Waals surface area (Å²) in [5, 5.41) is 3.46. The number of furan rings is 1. The Labute approximate surface area is 388 Å². The van der Waals surface area contributed by atoms with Gasteiger partial charge in [-0.2, -0.15) is 0 Å². The van der Waals surface area contributed by atoms with Gasteiger partial charge in [0.05, 0.1) is 5.39 Å². The largest absolute Gasteiger partial charge is 0.463 e. The number of hydrogen-bond acceptors (Lipinski definition) is 15. The normalized spacial score (nSPS) is 19.5. The summed E-state index contributed by atoms with van der Waals surface area (Å²) < 4.78 is 45.8. The Kier molecular flexibility index (Phi) is 16.6. The van der Waals surface area contributed by atoms with Gasteiger partial charge in [0.25, 0.3) is 0 Å². The number of nitrogens with zero attached hydrogens (tertiary/aromatic N) is 2. The molecule has 0 spiro atoms. The summed E-state index contributed by atoms with van der Waals surface area (Å²) >= 11 is 0. The van der Waals surface area contributed by atoms with E-state index in [9.17, 15) is 33.6 Å². The van der Waals surface area contributed by atoms with Crippen molar-refractivity contribution in [3.8, 4) is 5.75 Å². The van der Waals surface area contributed by atoms with Gasteiger partial charge >= 0.3 is 30.0 Å². The Morgan fingerprint density at radius 3 is 1.91 bits per heavy atom. The van der Waals surface area contributed by atoms with Crippen LogP contribution in [0.25, 0.3) is 11.0 Å². The second kappa shape index (κ2) is 22.5. The molecule has 67 heavy (non-hydrogen) atoms. The van der Waals surface area contributed by atoms with Gasteiger partial charge in [-0.1, -0.05) is 60.7 Å². The maximum absolute atomic E-state index is 13.4. The van der Waals surface area contributed by atoms with Crippen molar-refractivity contribution in [3.63, 3.8) is 0 Å². The van der Waals surface area contributed by atoms with E-state index in [-0.39, 0.29) is 30.6 Å². The van der Waals surface area contributed by atoms with Crippen molar-refractivity contribution in [1.29, 1.82) is 0 Å². The summed E-state index contributed by atoms with van der Waals surface area (Å²) in [6.07, 6.45) is -5.35. The van der Waals surface area contributed by atoms with E-state index in [2.05, 4.69) is 5.32 Å². The molecule has 2 saturated heterocycles. The molecule has 358 valence electrons. The number of ether oxygens (including phenoxy) is 7. The van der Waals surface area contributed by atoms with Gasteiger partial charge < -0.3 is 52.7 Å². The lowest BCUT2D eigenvalue weighted by Gasteiger charge is -2.43. The predicted octanol–water partition coefficient (Wildman–Crippen LogP) is 4.99. The van der Waals surface area contributed by atoms with Crippen LogP contribution in [0, 0.1) is 0 Å². The number of carbonyl (C=O) groups excluding carboxylic acids is 7. The highest BCUT2D eigenvalue weighted by Crippen LogP contribution is 2.35. The third-order valence-electron chi connectivity index (χ3n) is 11.1. The molecule has 2 fully saturated rings. The molecule has 0 aliphatic carbocycles. The summed E-state index contributed by atoms with van der Waals surface area (Å²) in [6.45, 7) is 9.08. The fraction of sp³-hybridized carbons (Fsp3) is 0.449. The molecule has 18 nitrogen and oxygen atoms in total. The smallest absolute Gasteiger partial charge is 0.410 e. The lowest BCUT2D eigenvalue weighted by Crippen LogP contribution is -2.63. The topological polar surface area (TPSA) is 216 Å². The van der Waals surface area contributed by atoms with Gasteiger partial charge in [-0.15, -0.1) is 0 Å². The van der Waals surface area contributed by atoms with Gasteiger partial charge in [-0.25, -0.2) is 4.79 Å². The summed E-state index contributed by atoms with van der Waals surface area (Å²) in [5.74, 6) is -2.44. The Morgan fingerprint density at radius 1 is 0.657 bits per heavy atom. The van der Waals surface area contributed by atoms with Crippen LogP contribution >= 0.6 is 0 Å². The molecule has 0 radical (unpaired) electrons. The highest BCUT2D eigenvalue weighted by molar-refractivity contribution is 5.91. The zero-order valence-corrected chi connectivity index (χ0v) is 38.5. The van der Waals surface area contributed by atoms with Crippen LogP contribution in [0.5, 0.6) is 5.75 Å². The minimum absolute atomic E-state index is 0.172. The summed E-state index contributed by atoms with van der Waals surface area (Å²) in [5.41, 5.74) is 2.22. The van der Waals surface area contributed by atoms with Gasteiger partial charge in [-0.05, 0) is 61.6 Å². The summed E-state index contributed by atoms with van der Waals surface area (Å²) in [4.78, 5) is 90.8. The van der Waals surface area contributed by atoms with Crippen LogP contribution in [0.2, 0.25) is 0 Å². The standard InChI is InChI=1S/C49H57N3O15/c1-30(53)60-29-41-43(62-31(2)54)44(63-32(3)55)45(64-33(4)56)46(67-41)66-40-14-10-13-39-38(40)27-37(65-39)21-19-34-15-17-35(18-16-34)20-22-42(57)50-49(5,6)47(58)51-23-25-52(26-24-51)48(59)61-28-36-11-8-7-9-12-36/h7-18,27,41,43-46H,19-26,28-29H2,1-6H3,(H,50,57)/t41-,43-,44+,45-,46-/m1/s1. The number of fused-ring (bicyclic) bond motifs is 1. The maximum atomic E-state index is 13.4. The van der Waals surface area contributed by atoms with Crippen LogP contribution in [0.3, 0.4) is 0 Å². The predicted molar refractivity (Wildman–Crippen MR) is 238 cm³/mol. The van der Waals surface area contributed by atoms with Crippen LogP contribution in [-0.2, 0) is 83.1 Å². The molecular formula is C49H57N3O15. The lowest BCUT2D eigenvalue weighted by molar-refractivity contribution is -0.288. The molecule has 1 aromatic heterocycles. The molecule has 2 aliphatic rings. The van der Waals surface area contributed by atoms with Crippen LogP contribution < -0.4 is 10.1 Å². The lowest BCUT2D eigenvalue weighted by atomic mass is 9.98. The second-order valence-electron chi connectivity index (χ2n) is 16.9. The first-order chi connectivity index (χ1) is 31.9. The van der Waals surface area contributed by atoms with Crippen LogP contribution in [0.15, 0.2) is 83.3 Å². The van der Waals surface area contributed by atoms with Crippen molar-refractivity contribution in [2.45, 2.75) is 110 Å². The molecule has 6 rings (SSSR count). The van der Waals surface area contributed by atoms with Crippen LogP contribution in [-0.4, -0.2) is 121 Å². The molecule has 0 bridgehead atoms. The molecule has 0 saturated carbocycles. The van der Waals surface area contributed by atoms with Crippen molar-refractivity contribution in [1.82, 2.24) is 15.1 Å². The first-order valence-corrected chi connectivity index (χ1v) is 22.1. The van der Waals surface area contributed by atoms with E-state index in [1.165, 1.54) is 6.92 Å². The average molecular weight is 928 g/mol. The third-order valence-corrected chi connectivity index (χ3v) is 11.1. The number of carbonyl (C=O) groups is 7. The van der Waals surface area contributed by atoms with E-state index in [0.29, 0.717) is 62.2 Å². The van der Waals surface area contributed by atoms with Crippen molar-refractivity contribution in [2.24, 2.45) is 0 Å². The van der Waals surface area contributed by atoms with Gasteiger partial charge in [-0.3, -0.25) is 28.8 Å². The number of rotatable bonds is 17. The van der Waals surface area contributed by atoms with E-state index in [1.807, 2.05) is 60.7 Å². The van der Waals surface area contributed by atoms with E-state index in [0.717, 1.165) is 37.5 Å². The van der Waals surface area contributed by atoms with Crippen LogP contribution in [0.1, 0.15) is 70.4 Å². The van der Waals surface area contributed by atoms with Gasteiger partial charge in [0.1, 0.15) is 41.9 Å². The van der Waals surface area contributed by atoms with E-state index in [4.69, 9.17) is 37.6 Å². The van der Waals surface area contributed by atoms with Gasteiger partial charge in [0, 0.05) is 66.7 Å². The molecule has 2 aliphatic heterocycles. The number of benzene rings is 3. The maximum Gasteiger partial charge on any atom is 0.410 e. The van der Waals surface area contributed by atoms with Crippen molar-refractivity contribution in [2.75, 3.05) is 32.8 Å². The molecule has 0 unspecified atom stereocenters. The zero-order chi connectivity index (χ0) is 48.3. The average Bonchev–Trinajstić information content (AvgIpc) is 3.72. The SMILES string of the molecule is CC(=O)OC[C@H]1O[C@@H](Oc2cccc3oc(CCc4ccc(CCC(=O)NC(C)(C)C(=O)N5CCN(C(=O)OCc6ccccc6)CC5)cc4)cc23)[C@H](OC(C)=O)[C@@H](OC(C)=O)[C@@H]1OC(C)=O. The Balaban J connectivity index is 1.01. The molecule has 1 N–H and O–H groups in total. The van der Waals surface area contributed by atoms with E-state index >= 15 is 0 Å². The van der Waals surface area contributed by atoms with Crippen molar-refractivity contribution >= 4 is 52.8 Å². The molecular weight excluding hydrogens is 871 g/mol. The Bertz CT molecular complexity index is 2390. The summed E-state index contributed by atoms with van der Waals surface area (Å²) in [7, 11) is 0. The Morgan fingerprint density at radius 2 is 1.27 bits per heavy atom. The van der Waals surface area contributed by atoms with E-state index in [1.54, 1.807) is 41.8 Å². The number of nitrogens with one attached hydrogen (secondary N) is 1. The number of amides is 3. The van der Waals surface area contributed by atoms with Crippen molar-refractivity contribution in [3.05, 3.63) is 101 Å². The van der Waals surface area contributed by atoms with Crippen LogP contribution in [0.4, 0.5) is 4.79 Å². The first kappa shape index (κ1) is 49.5. The quantitative estimate of drug-likeness (QED) is 0.109. The third kappa shape index (κ3) is 13.8. The number of hydrogen-bond donors (Lipinski definition) is 1. The molecule has 3 amide bonds. The van der Waals surface area contributed by atoms with Gasteiger partial charge in [0.2, 0.25) is 24.2 Å². The molecule has 4 aromatic rings. The second-order valence-corrected chi connectivity index (χ2v) is 16.9. The van der Waals surface area contributed by atoms with E-state index < -0.39 is 72.8 Å². The number of aryl methyl sites for hydroxylation is 3. The zero-order valence-electron chi connectivity index (χ0n) is 38.5. The van der Waals surface area contributed by atoms with Crippen molar-refractivity contribution < 1.29 is 71.1 Å². The molecule has 3 heterocycles. The summed E-state index contributed by atoms with van der Waals surface area (Å²) in [6, 6.07) is 24.2. The minimum atomic E-state index is -1.42. The first-order valence-electron chi connectivity index (χ1n) is 22.1. The minimum Gasteiger partial charge on any atom is -0.463 e. The van der Waals surface area contributed by atoms with Gasteiger partial charge in [0.15, 0.2) is 12.2 Å². The molecule has 5 atom stereocenters. The number of esters is 4. The highest BCUT2D eigenvalue weighted by atomic mass is 16.7. The fourth-order valence-corrected chi connectivity index (χ4v) is 7.88. The monoisotopic (exact) mass is 927 g/mol. The fourth-order valence-electron chi connectivity index (χ4n) is 7.88. The highest BCUT2D eigenvalue weighted by Gasteiger charge is 2.53. The molecule has 3 aromatic carbocycles.